The van der Waals surface area contributed by atoms with Crippen LogP contribution in [0.1, 0.15) is 10.6 Å². The smallest absolute Gasteiger partial charge is 0.265 e. The lowest BCUT2D eigenvalue weighted by Gasteiger charge is -2.27. The molecule has 2 aromatic heterocycles. The van der Waals surface area contributed by atoms with Crippen molar-refractivity contribution < 1.29 is 19.0 Å². The Morgan fingerprint density at radius 2 is 2.23 bits per heavy atom. The van der Waals surface area contributed by atoms with Crippen LogP contribution in [0.3, 0.4) is 0 Å². The Balaban J connectivity index is 1.37. The minimum Gasteiger partial charge on any atom is -0.484 e. The first-order chi connectivity index (χ1) is 12.7. The Morgan fingerprint density at radius 3 is 3.15 bits per heavy atom. The summed E-state index contributed by atoms with van der Waals surface area (Å²) in [5, 5.41) is 9.39. The van der Waals surface area contributed by atoms with E-state index in [4.69, 9.17) is 14.2 Å². The van der Waals surface area contributed by atoms with Crippen LogP contribution in [0.5, 0.6) is 17.2 Å². The van der Waals surface area contributed by atoms with E-state index in [0.29, 0.717) is 23.8 Å². The van der Waals surface area contributed by atoms with Gasteiger partial charge in [0.1, 0.15) is 11.4 Å². The number of thiophene rings is 1. The van der Waals surface area contributed by atoms with Crippen LogP contribution in [0.25, 0.3) is 11.3 Å². The minimum absolute atomic E-state index is 0.0651. The summed E-state index contributed by atoms with van der Waals surface area (Å²) in [6.07, 6.45) is 0. The maximum absolute atomic E-state index is 12.9. The van der Waals surface area contributed by atoms with Gasteiger partial charge in [0.25, 0.3) is 5.91 Å². The van der Waals surface area contributed by atoms with E-state index in [1.54, 1.807) is 34.4 Å². The molecule has 0 atom stereocenters. The number of aromatic nitrogens is 2. The zero-order chi connectivity index (χ0) is 17.7. The number of aryl methyl sites for hydroxylation is 1. The average molecular weight is 369 g/mol. The van der Waals surface area contributed by atoms with Crippen molar-refractivity contribution in [3.05, 3.63) is 40.2 Å². The van der Waals surface area contributed by atoms with Crippen molar-refractivity contribution in [2.24, 2.45) is 0 Å². The normalized spacial score (nSPS) is 14.1. The Hall–Kier alpha value is -3.00. The molecule has 2 aliphatic heterocycles. The van der Waals surface area contributed by atoms with Gasteiger partial charge < -0.3 is 19.1 Å². The van der Waals surface area contributed by atoms with Gasteiger partial charge in [0.05, 0.1) is 17.9 Å². The summed E-state index contributed by atoms with van der Waals surface area (Å²) in [6.45, 7) is 2.59. The van der Waals surface area contributed by atoms with E-state index in [1.807, 2.05) is 18.4 Å². The van der Waals surface area contributed by atoms with Gasteiger partial charge in [-0.25, -0.2) is 0 Å². The van der Waals surface area contributed by atoms with Gasteiger partial charge in [-0.15, -0.1) is 11.3 Å². The molecular formula is C18H15N3O4S. The average Bonchev–Trinajstić information content (AvgIpc) is 3.37. The summed E-state index contributed by atoms with van der Waals surface area (Å²) < 4.78 is 16.3. The molecule has 7 nitrogen and oxygen atoms in total. The van der Waals surface area contributed by atoms with Crippen molar-refractivity contribution in [3.63, 3.8) is 0 Å². The van der Waals surface area contributed by atoms with Gasteiger partial charge in [0.2, 0.25) is 6.79 Å². The highest BCUT2D eigenvalue weighted by Gasteiger charge is 2.31. The fraction of sp³-hybridized carbons (Fsp3) is 0.222. The molecule has 0 fully saturated rings. The Morgan fingerprint density at radius 1 is 1.35 bits per heavy atom. The second kappa shape index (κ2) is 5.77. The van der Waals surface area contributed by atoms with Crippen molar-refractivity contribution >= 4 is 22.9 Å². The lowest BCUT2D eigenvalue weighted by molar-refractivity contribution is -0.120. The van der Waals surface area contributed by atoms with E-state index in [-0.39, 0.29) is 19.3 Å². The highest BCUT2D eigenvalue weighted by atomic mass is 32.1. The van der Waals surface area contributed by atoms with Crippen molar-refractivity contribution in [3.8, 4) is 28.5 Å². The van der Waals surface area contributed by atoms with Crippen molar-refractivity contribution in [2.75, 3.05) is 18.3 Å². The molecule has 0 spiro atoms. The largest absolute Gasteiger partial charge is 0.484 e. The van der Waals surface area contributed by atoms with Crippen molar-refractivity contribution in [1.82, 2.24) is 10.2 Å². The summed E-state index contributed by atoms with van der Waals surface area (Å²) >= 11 is 1.63. The van der Waals surface area contributed by atoms with Crippen LogP contribution >= 0.6 is 11.3 Å². The summed E-state index contributed by atoms with van der Waals surface area (Å²) in [7, 11) is 0. The van der Waals surface area contributed by atoms with Gasteiger partial charge in [-0.1, -0.05) is 0 Å². The molecule has 0 aliphatic carbocycles. The zero-order valence-electron chi connectivity index (χ0n) is 13.9. The molecule has 4 heterocycles. The summed E-state index contributed by atoms with van der Waals surface area (Å²) in [5.41, 5.74) is 3.61. The number of rotatable bonds is 3. The van der Waals surface area contributed by atoms with Gasteiger partial charge in [0, 0.05) is 16.5 Å². The number of H-pyrrole nitrogens is 1. The molecule has 0 saturated heterocycles. The third-order valence-corrected chi connectivity index (χ3v) is 5.40. The number of amides is 1. The van der Waals surface area contributed by atoms with Gasteiger partial charge in [-0.05, 0) is 30.5 Å². The monoisotopic (exact) mass is 369 g/mol. The number of hydrogen-bond donors (Lipinski definition) is 1. The number of aromatic amines is 1. The Labute approximate surface area is 153 Å². The standard InChI is InChI=1S/C18H15N3O4S/c1-10-18-17(20-19-10)12-4-5-26-15(12)7-21(18)16(22)8-23-11-2-3-13-14(6-11)25-9-24-13/h2-6H,7-9H2,1H3,(H,19,20). The van der Waals surface area contributed by atoms with E-state index in [0.717, 1.165) is 27.5 Å². The van der Waals surface area contributed by atoms with Crippen molar-refractivity contribution in [1.29, 1.82) is 0 Å². The molecule has 8 heteroatoms. The second-order valence-electron chi connectivity index (χ2n) is 6.09. The summed E-state index contributed by atoms with van der Waals surface area (Å²) in [4.78, 5) is 15.7. The molecule has 2 aliphatic rings. The van der Waals surface area contributed by atoms with Crippen molar-refractivity contribution in [2.45, 2.75) is 13.5 Å². The van der Waals surface area contributed by atoms with Gasteiger partial charge in [0.15, 0.2) is 18.1 Å². The Kier molecular flexibility index (Phi) is 3.39. The zero-order valence-corrected chi connectivity index (χ0v) is 14.8. The molecule has 1 N–H and O–H groups in total. The van der Waals surface area contributed by atoms with Gasteiger partial charge >= 0.3 is 0 Å². The first kappa shape index (κ1) is 15.3. The molecule has 0 saturated carbocycles. The molecule has 3 aromatic rings. The van der Waals surface area contributed by atoms with Crippen LogP contribution in [0.2, 0.25) is 0 Å². The van der Waals surface area contributed by atoms with Crippen LogP contribution < -0.4 is 19.1 Å². The third kappa shape index (κ3) is 2.33. The van der Waals surface area contributed by atoms with Crippen LogP contribution in [0.4, 0.5) is 5.69 Å². The first-order valence-electron chi connectivity index (χ1n) is 8.15. The van der Waals surface area contributed by atoms with Crippen LogP contribution in [-0.4, -0.2) is 29.5 Å². The lowest BCUT2D eigenvalue weighted by Crippen LogP contribution is -2.36. The third-order valence-electron chi connectivity index (χ3n) is 4.49. The molecule has 0 bridgehead atoms. The number of nitrogens with zero attached hydrogens (tertiary/aromatic N) is 2. The molecule has 0 radical (unpaired) electrons. The summed E-state index contributed by atoms with van der Waals surface area (Å²) in [5.74, 6) is 1.76. The molecule has 26 heavy (non-hydrogen) atoms. The number of anilines is 1. The van der Waals surface area contributed by atoms with Crippen LogP contribution in [0.15, 0.2) is 29.6 Å². The first-order valence-corrected chi connectivity index (χ1v) is 9.03. The van der Waals surface area contributed by atoms with E-state index < -0.39 is 0 Å². The summed E-state index contributed by atoms with van der Waals surface area (Å²) in [6, 6.07) is 7.32. The molecule has 1 aromatic carbocycles. The predicted molar refractivity (Wildman–Crippen MR) is 95.9 cm³/mol. The van der Waals surface area contributed by atoms with Gasteiger partial charge in [-0.3, -0.25) is 9.89 Å². The van der Waals surface area contributed by atoms with Gasteiger partial charge in [-0.2, -0.15) is 5.10 Å². The number of nitrogens with one attached hydrogen (secondary N) is 1. The van der Waals surface area contributed by atoms with E-state index >= 15 is 0 Å². The van der Waals surface area contributed by atoms with E-state index in [1.165, 1.54) is 0 Å². The quantitative estimate of drug-likeness (QED) is 0.768. The minimum atomic E-state index is -0.118. The van der Waals surface area contributed by atoms with E-state index in [2.05, 4.69) is 10.2 Å². The van der Waals surface area contributed by atoms with Crippen LogP contribution in [-0.2, 0) is 11.3 Å². The number of hydrogen-bond acceptors (Lipinski definition) is 6. The number of fused-ring (bicyclic) bond motifs is 4. The number of ether oxygens (including phenoxy) is 3. The highest BCUT2D eigenvalue weighted by molar-refractivity contribution is 7.10. The maximum atomic E-state index is 12.9. The lowest BCUT2D eigenvalue weighted by atomic mass is 10.1. The molecule has 0 unspecified atom stereocenters. The van der Waals surface area contributed by atoms with Crippen LogP contribution in [0, 0.1) is 6.92 Å². The molecule has 1 amide bonds. The van der Waals surface area contributed by atoms with E-state index in [9.17, 15) is 4.79 Å². The number of benzene rings is 1. The Bertz CT molecular complexity index is 1010. The predicted octanol–water partition coefficient (Wildman–Crippen LogP) is 3.10. The maximum Gasteiger partial charge on any atom is 0.265 e. The highest BCUT2D eigenvalue weighted by Crippen LogP contribution is 2.42. The SMILES string of the molecule is Cc1[nH]nc2c1N(C(=O)COc1ccc3c(c1)OCO3)Cc1sccc1-2. The molecule has 132 valence electrons. The number of carbonyl (C=O) groups excluding carboxylic acids is 1. The molecular weight excluding hydrogens is 354 g/mol. The number of carbonyl (C=O) groups is 1. The topological polar surface area (TPSA) is 76.7 Å². The fourth-order valence-electron chi connectivity index (χ4n) is 3.24. The second-order valence-corrected chi connectivity index (χ2v) is 7.09. The molecule has 5 rings (SSSR count). The fourth-order valence-corrected chi connectivity index (χ4v) is 4.10.